The molecule has 0 aromatic carbocycles. The molecular formula is C24H42N2O8. The number of amides is 2. The fourth-order valence-electron chi connectivity index (χ4n) is 4.79. The normalized spacial score (nSPS) is 23.1. The summed E-state index contributed by atoms with van der Waals surface area (Å²) >= 11 is 0. The van der Waals surface area contributed by atoms with Gasteiger partial charge in [-0.15, -0.1) is 0 Å². The van der Waals surface area contributed by atoms with E-state index in [1.54, 1.807) is 20.8 Å². The zero-order valence-corrected chi connectivity index (χ0v) is 21.7. The smallest absolute Gasteiger partial charge is 0.407 e. The third-order valence-electron chi connectivity index (χ3n) is 5.70. The number of ether oxygens (including phenoxy) is 4. The van der Waals surface area contributed by atoms with Crippen molar-refractivity contribution in [3.8, 4) is 0 Å². The molecule has 4 unspecified atom stereocenters. The standard InChI is InChI=1S/C24H42N2O8/c1-8-19(27)31-12-17(3)34-22(30)26-15-24(6)11-18(10-23(4,5)14-24)9-20(28)33-16(2)13-32-21(29)25-7/h16-18H,8-15H2,1-7H3,(H,25,29)(H,26,30). The van der Waals surface area contributed by atoms with Gasteiger partial charge < -0.3 is 29.6 Å². The minimum absolute atomic E-state index is 0.0125. The van der Waals surface area contributed by atoms with Crippen LogP contribution in [0, 0.1) is 16.7 Å². The summed E-state index contributed by atoms with van der Waals surface area (Å²) in [5.41, 5.74) is -0.239. The quantitative estimate of drug-likeness (QED) is 0.335. The molecule has 4 atom stereocenters. The monoisotopic (exact) mass is 486 g/mol. The Morgan fingerprint density at radius 2 is 1.53 bits per heavy atom. The van der Waals surface area contributed by atoms with E-state index in [-0.39, 0.29) is 54.7 Å². The van der Waals surface area contributed by atoms with Gasteiger partial charge in [0, 0.05) is 26.4 Å². The number of hydrogen-bond acceptors (Lipinski definition) is 8. The second-order valence-electron chi connectivity index (χ2n) is 10.4. The van der Waals surface area contributed by atoms with Crippen LogP contribution in [0.5, 0.6) is 0 Å². The maximum atomic E-state index is 12.5. The average molecular weight is 487 g/mol. The molecule has 1 aliphatic rings. The van der Waals surface area contributed by atoms with Gasteiger partial charge in [-0.05, 0) is 49.9 Å². The summed E-state index contributed by atoms with van der Waals surface area (Å²) in [6, 6.07) is 0. The van der Waals surface area contributed by atoms with Crippen molar-refractivity contribution in [2.45, 2.75) is 85.9 Å². The second-order valence-corrected chi connectivity index (χ2v) is 10.4. The summed E-state index contributed by atoms with van der Waals surface area (Å²) in [7, 11) is 1.46. The van der Waals surface area contributed by atoms with Gasteiger partial charge in [0.2, 0.25) is 0 Å². The molecule has 1 saturated carbocycles. The molecule has 196 valence electrons. The van der Waals surface area contributed by atoms with Crippen LogP contribution in [0.25, 0.3) is 0 Å². The highest BCUT2D eigenvalue weighted by Gasteiger charge is 2.42. The third-order valence-corrected chi connectivity index (χ3v) is 5.70. The van der Waals surface area contributed by atoms with Crippen molar-refractivity contribution in [3.63, 3.8) is 0 Å². The second kappa shape index (κ2) is 13.4. The summed E-state index contributed by atoms with van der Waals surface area (Å²) in [5, 5.41) is 5.17. The van der Waals surface area contributed by atoms with Crippen molar-refractivity contribution < 1.29 is 38.1 Å². The van der Waals surface area contributed by atoms with Crippen LogP contribution in [0.1, 0.15) is 73.6 Å². The molecule has 0 aromatic heterocycles. The molecule has 1 fully saturated rings. The van der Waals surface area contributed by atoms with E-state index in [9.17, 15) is 19.2 Å². The predicted molar refractivity (Wildman–Crippen MR) is 125 cm³/mol. The summed E-state index contributed by atoms with van der Waals surface area (Å²) in [6.07, 6.45) is 0.791. The highest BCUT2D eigenvalue weighted by molar-refractivity contribution is 5.70. The number of carbonyl (C=O) groups is 4. The Morgan fingerprint density at radius 3 is 2.15 bits per heavy atom. The first-order chi connectivity index (χ1) is 15.8. The lowest BCUT2D eigenvalue weighted by atomic mass is 9.60. The minimum atomic E-state index is -0.574. The first-order valence-electron chi connectivity index (χ1n) is 11.9. The molecule has 0 heterocycles. The predicted octanol–water partition coefficient (Wildman–Crippen LogP) is 3.56. The number of nitrogens with one attached hydrogen (secondary N) is 2. The van der Waals surface area contributed by atoms with Gasteiger partial charge in [0.05, 0.1) is 0 Å². The fourth-order valence-corrected chi connectivity index (χ4v) is 4.79. The fraction of sp³-hybridized carbons (Fsp3) is 0.833. The van der Waals surface area contributed by atoms with Crippen LogP contribution in [0.4, 0.5) is 9.59 Å². The summed E-state index contributed by atoms with van der Waals surface area (Å²) in [6.45, 7) is 11.9. The number of carbonyl (C=O) groups excluding carboxylic acids is 4. The Balaban J connectivity index is 2.56. The zero-order chi connectivity index (χ0) is 25.9. The summed E-state index contributed by atoms with van der Waals surface area (Å²) in [5.74, 6) is -0.579. The zero-order valence-electron chi connectivity index (χ0n) is 21.7. The molecule has 0 bridgehead atoms. The SMILES string of the molecule is CCC(=O)OCC(C)OC(=O)NCC1(C)CC(CC(=O)OC(C)COC(=O)NC)CC(C)(C)C1. The van der Waals surface area contributed by atoms with Crippen LogP contribution in [-0.2, 0) is 28.5 Å². The summed E-state index contributed by atoms with van der Waals surface area (Å²) < 4.78 is 20.6. The Bertz CT molecular complexity index is 711. The molecule has 0 aromatic rings. The molecule has 1 rings (SSSR count). The van der Waals surface area contributed by atoms with Crippen molar-refractivity contribution in [2.24, 2.45) is 16.7 Å². The molecule has 10 heteroatoms. The molecule has 0 spiro atoms. The van der Waals surface area contributed by atoms with Gasteiger partial charge >= 0.3 is 24.1 Å². The highest BCUT2D eigenvalue weighted by Crippen LogP contribution is 2.49. The van der Waals surface area contributed by atoms with E-state index < -0.39 is 24.4 Å². The molecule has 0 radical (unpaired) electrons. The van der Waals surface area contributed by atoms with Gasteiger partial charge in [-0.2, -0.15) is 0 Å². The molecule has 0 saturated heterocycles. The minimum Gasteiger partial charge on any atom is -0.462 e. The first kappa shape index (κ1) is 29.5. The van der Waals surface area contributed by atoms with E-state index in [4.69, 9.17) is 18.9 Å². The molecule has 2 N–H and O–H groups in total. The number of alkyl carbamates (subject to hydrolysis) is 2. The Labute approximate surface area is 202 Å². The van der Waals surface area contributed by atoms with Crippen LogP contribution in [0.15, 0.2) is 0 Å². The van der Waals surface area contributed by atoms with E-state index in [1.807, 2.05) is 0 Å². The van der Waals surface area contributed by atoms with Gasteiger partial charge in [0.15, 0.2) is 0 Å². The molecular weight excluding hydrogens is 444 g/mol. The Morgan fingerprint density at radius 1 is 0.912 bits per heavy atom. The highest BCUT2D eigenvalue weighted by atomic mass is 16.6. The van der Waals surface area contributed by atoms with E-state index >= 15 is 0 Å². The lowest BCUT2D eigenvalue weighted by molar-refractivity contribution is -0.152. The van der Waals surface area contributed by atoms with Gasteiger partial charge in [0.1, 0.15) is 25.4 Å². The first-order valence-corrected chi connectivity index (χ1v) is 11.9. The van der Waals surface area contributed by atoms with Crippen molar-refractivity contribution in [3.05, 3.63) is 0 Å². The lowest BCUT2D eigenvalue weighted by Gasteiger charge is -2.46. The largest absolute Gasteiger partial charge is 0.462 e. The van der Waals surface area contributed by atoms with Gasteiger partial charge in [-0.3, -0.25) is 9.59 Å². The number of hydrogen-bond donors (Lipinski definition) is 2. The number of rotatable bonds is 11. The molecule has 1 aliphatic carbocycles. The van der Waals surface area contributed by atoms with Crippen molar-refractivity contribution in [1.29, 1.82) is 0 Å². The van der Waals surface area contributed by atoms with Gasteiger partial charge in [-0.1, -0.05) is 27.7 Å². The third kappa shape index (κ3) is 11.6. The van der Waals surface area contributed by atoms with E-state index in [1.165, 1.54) is 7.05 Å². The topological polar surface area (TPSA) is 129 Å². The maximum Gasteiger partial charge on any atom is 0.407 e. The number of esters is 2. The molecule has 34 heavy (non-hydrogen) atoms. The Hall–Kier alpha value is -2.52. The van der Waals surface area contributed by atoms with Crippen molar-refractivity contribution in [1.82, 2.24) is 10.6 Å². The van der Waals surface area contributed by atoms with Crippen molar-refractivity contribution >= 4 is 24.1 Å². The van der Waals surface area contributed by atoms with Gasteiger partial charge in [0.25, 0.3) is 0 Å². The van der Waals surface area contributed by atoms with Crippen LogP contribution >= 0.6 is 0 Å². The van der Waals surface area contributed by atoms with E-state index in [0.717, 1.165) is 19.3 Å². The molecule has 0 aliphatic heterocycles. The van der Waals surface area contributed by atoms with Crippen LogP contribution in [0.3, 0.4) is 0 Å². The lowest BCUT2D eigenvalue weighted by Crippen LogP contribution is -2.44. The van der Waals surface area contributed by atoms with Crippen molar-refractivity contribution in [2.75, 3.05) is 26.8 Å². The van der Waals surface area contributed by atoms with Gasteiger partial charge in [-0.25, -0.2) is 9.59 Å². The molecule has 2 amide bonds. The van der Waals surface area contributed by atoms with Crippen LogP contribution in [0.2, 0.25) is 0 Å². The average Bonchev–Trinajstić information content (AvgIpc) is 2.72. The van der Waals surface area contributed by atoms with E-state index in [0.29, 0.717) is 6.54 Å². The maximum absolute atomic E-state index is 12.5. The summed E-state index contributed by atoms with van der Waals surface area (Å²) in [4.78, 5) is 47.1. The van der Waals surface area contributed by atoms with E-state index in [2.05, 4.69) is 31.4 Å². The Kier molecular flexibility index (Phi) is 11.6. The van der Waals surface area contributed by atoms with Crippen LogP contribution < -0.4 is 10.6 Å². The molecule has 10 nitrogen and oxygen atoms in total. The van der Waals surface area contributed by atoms with Crippen LogP contribution in [-0.4, -0.2) is 63.1 Å².